The molecule has 0 saturated heterocycles. The van der Waals surface area contributed by atoms with Crippen LogP contribution in [0, 0.1) is 12.8 Å². The predicted octanol–water partition coefficient (Wildman–Crippen LogP) is 2.74. The second-order valence-electron chi connectivity index (χ2n) is 4.36. The molecule has 3 nitrogen and oxygen atoms in total. The van der Waals surface area contributed by atoms with Crippen LogP contribution in [0.25, 0.3) is 0 Å². The highest BCUT2D eigenvalue weighted by Gasteiger charge is 2.25. The Morgan fingerprint density at radius 1 is 1.38 bits per heavy atom. The van der Waals surface area contributed by atoms with E-state index in [1.165, 1.54) is 6.42 Å². The number of carbonyl (C=O) groups excluding carboxylic acids is 1. The molecule has 0 bridgehead atoms. The molecule has 0 aromatic heterocycles. The quantitative estimate of drug-likeness (QED) is 0.848. The molecule has 0 aliphatic heterocycles. The van der Waals surface area contributed by atoms with Crippen molar-refractivity contribution in [2.24, 2.45) is 5.92 Å². The highest BCUT2D eigenvalue weighted by Crippen LogP contribution is 2.28. The Kier molecular flexibility index (Phi) is 3.13. The van der Waals surface area contributed by atoms with Crippen LogP contribution in [-0.2, 0) is 4.79 Å². The summed E-state index contributed by atoms with van der Waals surface area (Å²) in [5, 5.41) is 2.94. The molecule has 0 radical (unpaired) electrons. The zero-order valence-electron chi connectivity index (χ0n) is 9.75. The van der Waals surface area contributed by atoms with Crippen LogP contribution in [0.1, 0.15) is 24.8 Å². The van der Waals surface area contributed by atoms with Crippen molar-refractivity contribution < 1.29 is 9.53 Å². The van der Waals surface area contributed by atoms with Crippen molar-refractivity contribution in [1.82, 2.24) is 0 Å². The van der Waals surface area contributed by atoms with Crippen LogP contribution in [0.5, 0.6) is 5.75 Å². The summed E-state index contributed by atoms with van der Waals surface area (Å²) >= 11 is 0. The number of benzene rings is 1. The van der Waals surface area contributed by atoms with Gasteiger partial charge >= 0.3 is 0 Å². The number of nitrogens with one attached hydrogen (secondary N) is 1. The van der Waals surface area contributed by atoms with Crippen LogP contribution in [0.4, 0.5) is 5.69 Å². The molecule has 3 heteroatoms. The molecule has 16 heavy (non-hydrogen) atoms. The topological polar surface area (TPSA) is 38.3 Å². The van der Waals surface area contributed by atoms with E-state index in [0.29, 0.717) is 0 Å². The minimum absolute atomic E-state index is 0.138. The van der Waals surface area contributed by atoms with E-state index in [4.69, 9.17) is 4.74 Å². The first kappa shape index (κ1) is 11.0. The van der Waals surface area contributed by atoms with Gasteiger partial charge in [0.15, 0.2) is 0 Å². The van der Waals surface area contributed by atoms with Gasteiger partial charge in [-0.05, 0) is 37.5 Å². The van der Waals surface area contributed by atoms with E-state index in [2.05, 4.69) is 5.32 Å². The zero-order valence-corrected chi connectivity index (χ0v) is 9.75. The molecule has 1 amide bonds. The average molecular weight is 219 g/mol. The number of methoxy groups -OCH3 is 1. The molecular formula is C13H17NO2. The first-order chi connectivity index (χ1) is 7.69. The summed E-state index contributed by atoms with van der Waals surface area (Å²) in [5.41, 5.74) is 1.91. The predicted molar refractivity (Wildman–Crippen MR) is 63.7 cm³/mol. The Bertz CT molecular complexity index is 397. The van der Waals surface area contributed by atoms with Gasteiger partial charge in [0, 0.05) is 17.7 Å². The Hall–Kier alpha value is -1.51. The van der Waals surface area contributed by atoms with Gasteiger partial charge in [-0.15, -0.1) is 0 Å². The fourth-order valence-electron chi connectivity index (χ4n) is 1.85. The summed E-state index contributed by atoms with van der Waals surface area (Å²) in [5.74, 6) is 1.13. The van der Waals surface area contributed by atoms with E-state index in [-0.39, 0.29) is 11.8 Å². The van der Waals surface area contributed by atoms with Crippen molar-refractivity contribution >= 4 is 11.6 Å². The lowest BCUT2D eigenvalue weighted by Crippen LogP contribution is -2.28. The van der Waals surface area contributed by atoms with Gasteiger partial charge in [0.2, 0.25) is 5.91 Å². The van der Waals surface area contributed by atoms with Gasteiger partial charge in [0.05, 0.1) is 7.11 Å². The number of anilines is 1. The molecule has 1 N–H and O–H groups in total. The van der Waals surface area contributed by atoms with Crippen LogP contribution in [-0.4, -0.2) is 13.0 Å². The summed E-state index contributed by atoms with van der Waals surface area (Å²) in [7, 11) is 1.63. The monoisotopic (exact) mass is 219 g/mol. The number of hydrogen-bond donors (Lipinski definition) is 1. The molecule has 0 atom stereocenters. The Morgan fingerprint density at radius 2 is 2.12 bits per heavy atom. The van der Waals surface area contributed by atoms with E-state index in [0.717, 1.165) is 29.8 Å². The van der Waals surface area contributed by atoms with Crippen LogP contribution < -0.4 is 10.1 Å². The van der Waals surface area contributed by atoms with Crippen molar-refractivity contribution in [1.29, 1.82) is 0 Å². The molecule has 1 saturated carbocycles. The summed E-state index contributed by atoms with van der Waals surface area (Å²) in [4.78, 5) is 11.8. The van der Waals surface area contributed by atoms with Gasteiger partial charge in [-0.3, -0.25) is 4.79 Å². The van der Waals surface area contributed by atoms with Crippen molar-refractivity contribution in [3.63, 3.8) is 0 Å². The fraction of sp³-hybridized carbons (Fsp3) is 0.462. The number of hydrogen-bond acceptors (Lipinski definition) is 2. The van der Waals surface area contributed by atoms with Crippen LogP contribution in [0.15, 0.2) is 18.2 Å². The fourth-order valence-corrected chi connectivity index (χ4v) is 1.85. The highest BCUT2D eigenvalue weighted by atomic mass is 16.5. The normalized spacial score (nSPS) is 15.4. The van der Waals surface area contributed by atoms with Crippen molar-refractivity contribution in [2.45, 2.75) is 26.2 Å². The van der Waals surface area contributed by atoms with E-state index in [9.17, 15) is 4.79 Å². The van der Waals surface area contributed by atoms with Crippen molar-refractivity contribution in [3.05, 3.63) is 23.8 Å². The number of rotatable bonds is 3. The Morgan fingerprint density at radius 3 is 2.69 bits per heavy atom. The highest BCUT2D eigenvalue weighted by molar-refractivity contribution is 5.93. The van der Waals surface area contributed by atoms with Crippen LogP contribution in [0.2, 0.25) is 0 Å². The molecule has 1 aromatic carbocycles. The molecule has 0 heterocycles. The summed E-state index contributed by atoms with van der Waals surface area (Å²) in [6.45, 7) is 1.99. The van der Waals surface area contributed by atoms with Crippen LogP contribution >= 0.6 is 0 Å². The number of amides is 1. The van der Waals surface area contributed by atoms with Crippen LogP contribution in [0.3, 0.4) is 0 Å². The largest absolute Gasteiger partial charge is 0.497 e. The maximum atomic E-state index is 11.8. The molecule has 86 valence electrons. The molecular weight excluding hydrogens is 202 g/mol. The van der Waals surface area contributed by atoms with Gasteiger partial charge in [-0.2, -0.15) is 0 Å². The van der Waals surface area contributed by atoms with Gasteiger partial charge < -0.3 is 10.1 Å². The lowest BCUT2D eigenvalue weighted by atomic mass is 9.85. The lowest BCUT2D eigenvalue weighted by molar-refractivity contribution is -0.122. The first-order valence-electron chi connectivity index (χ1n) is 5.65. The number of aryl methyl sites for hydroxylation is 1. The minimum Gasteiger partial charge on any atom is -0.497 e. The van der Waals surface area contributed by atoms with Gasteiger partial charge in [-0.25, -0.2) is 0 Å². The second kappa shape index (κ2) is 4.56. The SMILES string of the molecule is COc1cc(C)cc(NC(=O)C2CCC2)c1. The van der Waals surface area contributed by atoms with Crippen molar-refractivity contribution in [3.8, 4) is 5.75 Å². The molecule has 1 aliphatic carbocycles. The summed E-state index contributed by atoms with van der Waals surface area (Å²) < 4.78 is 5.17. The Balaban J connectivity index is 2.07. The van der Waals surface area contributed by atoms with E-state index in [1.54, 1.807) is 7.11 Å². The lowest BCUT2D eigenvalue weighted by Gasteiger charge is -2.24. The van der Waals surface area contributed by atoms with E-state index >= 15 is 0 Å². The third-order valence-electron chi connectivity index (χ3n) is 3.03. The third kappa shape index (κ3) is 2.35. The zero-order chi connectivity index (χ0) is 11.5. The summed E-state index contributed by atoms with van der Waals surface area (Å²) in [6.07, 6.45) is 3.22. The van der Waals surface area contributed by atoms with Gasteiger partial charge in [-0.1, -0.05) is 6.42 Å². The summed E-state index contributed by atoms with van der Waals surface area (Å²) in [6, 6.07) is 5.75. The molecule has 2 rings (SSSR count). The number of carbonyl (C=O) groups is 1. The molecule has 1 aliphatic rings. The van der Waals surface area contributed by atoms with E-state index < -0.39 is 0 Å². The maximum Gasteiger partial charge on any atom is 0.227 e. The Labute approximate surface area is 95.8 Å². The first-order valence-corrected chi connectivity index (χ1v) is 5.65. The average Bonchev–Trinajstić information content (AvgIpc) is 2.13. The maximum absolute atomic E-state index is 11.8. The van der Waals surface area contributed by atoms with Gasteiger partial charge in [0.25, 0.3) is 0 Å². The minimum atomic E-state index is 0.138. The second-order valence-corrected chi connectivity index (χ2v) is 4.36. The van der Waals surface area contributed by atoms with E-state index in [1.807, 2.05) is 25.1 Å². The molecule has 0 unspecified atom stereocenters. The third-order valence-corrected chi connectivity index (χ3v) is 3.03. The molecule has 1 aromatic rings. The molecule has 1 fully saturated rings. The van der Waals surface area contributed by atoms with Crippen molar-refractivity contribution in [2.75, 3.05) is 12.4 Å². The van der Waals surface area contributed by atoms with Gasteiger partial charge in [0.1, 0.15) is 5.75 Å². The smallest absolute Gasteiger partial charge is 0.227 e. The standard InChI is InChI=1S/C13H17NO2/c1-9-6-11(8-12(7-9)16-2)14-13(15)10-4-3-5-10/h6-8,10H,3-5H2,1-2H3,(H,14,15). The number of ether oxygens (including phenoxy) is 1. The molecule has 0 spiro atoms.